The molecule has 6 nitrogen and oxygen atoms in total. The second-order valence-corrected chi connectivity index (χ2v) is 3.35. The molecule has 0 unspecified atom stereocenters. The van der Waals surface area contributed by atoms with E-state index >= 15 is 0 Å². The average Bonchev–Trinajstić information content (AvgIpc) is 2.88. The Bertz CT molecular complexity index is 640. The van der Waals surface area contributed by atoms with Crippen molar-refractivity contribution in [3.05, 3.63) is 70.0 Å². The van der Waals surface area contributed by atoms with E-state index in [0.29, 0.717) is 5.56 Å². The first-order valence-electron chi connectivity index (χ1n) is 5.00. The van der Waals surface area contributed by atoms with Gasteiger partial charge in [0.15, 0.2) is 5.76 Å². The van der Waals surface area contributed by atoms with E-state index in [9.17, 15) is 9.59 Å². The van der Waals surface area contributed by atoms with Crippen LogP contribution in [0, 0.1) is 0 Å². The van der Waals surface area contributed by atoms with E-state index in [1.165, 1.54) is 12.3 Å². The highest BCUT2D eigenvalue weighted by Gasteiger charge is 2.20. The minimum atomic E-state index is -0.842. The highest BCUT2D eigenvalue weighted by Crippen LogP contribution is 2.17. The molecule has 88 valence electrons. The molecule has 0 aliphatic rings. The van der Waals surface area contributed by atoms with Crippen LogP contribution in [-0.2, 0) is 0 Å². The van der Waals surface area contributed by atoms with Crippen LogP contribution in [0.1, 0.15) is 26.5 Å². The maximum atomic E-state index is 12.1. The maximum Gasteiger partial charge on any atom is 0.253 e. The molecule has 1 aromatic heterocycles. The lowest BCUT2D eigenvalue weighted by atomic mass is 10.1. The van der Waals surface area contributed by atoms with Crippen LogP contribution in [0.4, 0.5) is 0 Å². The van der Waals surface area contributed by atoms with Crippen molar-refractivity contribution in [2.75, 3.05) is 0 Å². The Labute approximate surface area is 101 Å². The van der Waals surface area contributed by atoms with Gasteiger partial charge in [-0.2, -0.15) is 0 Å². The van der Waals surface area contributed by atoms with Crippen molar-refractivity contribution < 1.29 is 14.0 Å². The molecule has 0 saturated carbocycles. The van der Waals surface area contributed by atoms with Gasteiger partial charge in [-0.15, -0.1) is 0 Å². The van der Waals surface area contributed by atoms with Crippen molar-refractivity contribution >= 4 is 11.7 Å². The second-order valence-electron chi connectivity index (χ2n) is 3.35. The lowest BCUT2D eigenvalue weighted by Crippen LogP contribution is -2.05. The topological polar surface area (TPSA) is 96.0 Å². The molecule has 0 spiro atoms. The molecule has 6 heteroatoms. The van der Waals surface area contributed by atoms with Crippen LogP contribution in [-0.4, -0.2) is 11.7 Å². The summed E-state index contributed by atoms with van der Waals surface area (Å²) in [5.41, 5.74) is 8.55. The highest BCUT2D eigenvalue weighted by atomic mass is 16.3. The number of hydrogen-bond donors (Lipinski definition) is 0. The van der Waals surface area contributed by atoms with Gasteiger partial charge in [0.2, 0.25) is 5.78 Å². The first kappa shape index (κ1) is 11.6. The monoisotopic (exact) mass is 241 g/mol. The third-order valence-corrected chi connectivity index (χ3v) is 2.27. The molecule has 0 saturated heterocycles. The lowest BCUT2D eigenvalue weighted by molar-refractivity contribution is 0.0968. The summed E-state index contributed by atoms with van der Waals surface area (Å²) in [4.78, 5) is 25.9. The number of azide groups is 1. The fourth-order valence-electron chi connectivity index (χ4n) is 1.47. The van der Waals surface area contributed by atoms with Gasteiger partial charge in [-0.3, -0.25) is 9.59 Å². The molecule has 0 aliphatic heterocycles. The van der Waals surface area contributed by atoms with Gasteiger partial charge < -0.3 is 4.42 Å². The fourth-order valence-corrected chi connectivity index (χ4v) is 1.47. The molecular formula is C12H7N3O3. The minimum Gasteiger partial charge on any atom is -0.460 e. The zero-order chi connectivity index (χ0) is 13.0. The van der Waals surface area contributed by atoms with E-state index in [1.54, 1.807) is 30.3 Å². The van der Waals surface area contributed by atoms with E-state index in [0.717, 1.165) is 0 Å². The number of furan rings is 1. The Morgan fingerprint density at radius 3 is 2.56 bits per heavy atom. The van der Waals surface area contributed by atoms with Crippen molar-refractivity contribution in [3.8, 4) is 0 Å². The van der Waals surface area contributed by atoms with Crippen LogP contribution in [0.15, 0.2) is 52.2 Å². The van der Waals surface area contributed by atoms with E-state index < -0.39 is 11.7 Å². The number of hydrogen-bond acceptors (Lipinski definition) is 3. The molecule has 0 radical (unpaired) electrons. The number of ketones is 1. The number of carbonyl (C=O) groups excluding carboxylic acids is 2. The summed E-state index contributed by atoms with van der Waals surface area (Å²) in [6.07, 6.45) is 1.20. The van der Waals surface area contributed by atoms with Crippen molar-refractivity contribution in [2.24, 2.45) is 5.11 Å². The summed E-state index contributed by atoms with van der Waals surface area (Å²) in [5.74, 6) is -1.40. The van der Waals surface area contributed by atoms with Crippen LogP contribution in [0.5, 0.6) is 0 Å². The molecule has 1 aromatic carbocycles. The van der Waals surface area contributed by atoms with Crippen molar-refractivity contribution in [1.82, 2.24) is 0 Å². The van der Waals surface area contributed by atoms with Crippen molar-refractivity contribution in [2.45, 2.75) is 0 Å². The summed E-state index contributed by atoms with van der Waals surface area (Å²) >= 11 is 0. The van der Waals surface area contributed by atoms with Crippen molar-refractivity contribution in [3.63, 3.8) is 0 Å². The van der Waals surface area contributed by atoms with Gasteiger partial charge in [-0.1, -0.05) is 30.3 Å². The van der Waals surface area contributed by atoms with E-state index in [1.807, 2.05) is 0 Å². The van der Waals surface area contributed by atoms with E-state index in [2.05, 4.69) is 10.0 Å². The number of benzene rings is 1. The fraction of sp³-hybridized carbons (Fsp3) is 0. The molecule has 2 aromatic rings. The van der Waals surface area contributed by atoms with Gasteiger partial charge in [-0.05, 0) is 16.7 Å². The molecule has 0 atom stereocenters. The molecule has 0 bridgehead atoms. The average molecular weight is 241 g/mol. The Morgan fingerprint density at radius 2 is 1.89 bits per heavy atom. The predicted octanol–water partition coefficient (Wildman–Crippen LogP) is 2.96. The van der Waals surface area contributed by atoms with Crippen LogP contribution in [0.2, 0.25) is 0 Å². The van der Waals surface area contributed by atoms with Crippen LogP contribution in [0.3, 0.4) is 0 Å². The van der Waals surface area contributed by atoms with Gasteiger partial charge in [0.25, 0.3) is 5.91 Å². The molecule has 0 aliphatic carbocycles. The third kappa shape index (κ3) is 2.14. The number of rotatable bonds is 3. The smallest absolute Gasteiger partial charge is 0.253 e. The predicted molar refractivity (Wildman–Crippen MR) is 62.1 cm³/mol. The Kier molecular flexibility index (Phi) is 3.22. The summed E-state index contributed by atoms with van der Waals surface area (Å²) < 4.78 is 4.99. The van der Waals surface area contributed by atoms with Gasteiger partial charge in [0.1, 0.15) is 0 Å². The van der Waals surface area contributed by atoms with Crippen LogP contribution < -0.4 is 0 Å². The Balaban J connectivity index is 2.41. The molecule has 2 rings (SSSR count). The largest absolute Gasteiger partial charge is 0.460 e. The van der Waals surface area contributed by atoms with Crippen LogP contribution >= 0.6 is 0 Å². The summed E-state index contributed by atoms with van der Waals surface area (Å²) in [7, 11) is 0. The summed E-state index contributed by atoms with van der Waals surface area (Å²) in [6.45, 7) is 0. The van der Waals surface area contributed by atoms with Crippen molar-refractivity contribution in [1.29, 1.82) is 0 Å². The lowest BCUT2D eigenvalue weighted by Gasteiger charge is -1.98. The normalized spacial score (nSPS) is 9.56. The SMILES string of the molecule is [N-]=[N+]=NC(=O)c1ccoc1C(=O)c1ccccc1. The molecular weight excluding hydrogens is 234 g/mol. The third-order valence-electron chi connectivity index (χ3n) is 2.27. The summed E-state index contributed by atoms with van der Waals surface area (Å²) in [5, 5.41) is 2.93. The Hall–Kier alpha value is -2.85. The Morgan fingerprint density at radius 1 is 1.17 bits per heavy atom. The zero-order valence-electron chi connectivity index (χ0n) is 9.11. The molecule has 1 heterocycles. The van der Waals surface area contributed by atoms with Gasteiger partial charge in [-0.25, -0.2) is 0 Å². The second kappa shape index (κ2) is 4.99. The van der Waals surface area contributed by atoms with Crippen LogP contribution in [0.25, 0.3) is 10.4 Å². The first-order valence-corrected chi connectivity index (χ1v) is 5.00. The standard InChI is InChI=1S/C12H7N3O3/c13-15-14-12(17)9-6-7-18-11(9)10(16)8-4-2-1-3-5-8/h1-7H. The summed E-state index contributed by atoms with van der Waals surface area (Å²) in [6, 6.07) is 9.67. The van der Waals surface area contributed by atoms with E-state index in [-0.39, 0.29) is 11.3 Å². The zero-order valence-corrected chi connectivity index (χ0v) is 9.11. The van der Waals surface area contributed by atoms with Gasteiger partial charge in [0, 0.05) is 10.5 Å². The first-order chi connectivity index (χ1) is 8.74. The molecule has 18 heavy (non-hydrogen) atoms. The van der Waals surface area contributed by atoms with Gasteiger partial charge in [0.05, 0.1) is 11.8 Å². The number of nitrogens with zero attached hydrogens (tertiary/aromatic N) is 3. The molecule has 0 fully saturated rings. The number of amides is 1. The van der Waals surface area contributed by atoms with Gasteiger partial charge >= 0.3 is 0 Å². The number of carbonyl (C=O) groups is 2. The quantitative estimate of drug-likeness (QED) is 0.357. The highest BCUT2D eigenvalue weighted by molar-refractivity contribution is 6.13. The molecule has 1 amide bonds. The van der Waals surface area contributed by atoms with E-state index in [4.69, 9.17) is 9.95 Å². The molecule has 0 N–H and O–H groups in total. The maximum absolute atomic E-state index is 12.1. The minimum absolute atomic E-state index is 0.0401.